The summed E-state index contributed by atoms with van der Waals surface area (Å²) in [5, 5.41) is 8.75. The Hall–Kier alpha value is -1.88. The third-order valence-corrected chi connectivity index (χ3v) is 3.60. The van der Waals surface area contributed by atoms with Crippen LogP contribution in [-0.2, 0) is 11.2 Å². The summed E-state index contributed by atoms with van der Waals surface area (Å²) in [5.41, 5.74) is 3.97. The van der Waals surface area contributed by atoms with Gasteiger partial charge in [-0.2, -0.15) is 0 Å². The third-order valence-electron chi connectivity index (χ3n) is 2.74. The van der Waals surface area contributed by atoms with E-state index < -0.39 is 0 Å². The maximum atomic E-state index is 11.3. The van der Waals surface area contributed by atoms with E-state index in [1.165, 1.54) is 0 Å². The zero-order valence-corrected chi connectivity index (χ0v) is 10.1. The summed E-state index contributed by atoms with van der Waals surface area (Å²) < 4.78 is 0. The van der Waals surface area contributed by atoms with E-state index in [1.807, 2.05) is 30.6 Å². The number of nitrogens with one attached hydrogen (secondary N) is 2. The van der Waals surface area contributed by atoms with Crippen LogP contribution in [-0.4, -0.2) is 17.9 Å². The highest BCUT2D eigenvalue weighted by Crippen LogP contribution is 2.30. The number of nitrogens with zero attached hydrogens (tertiary/aromatic N) is 1. The lowest BCUT2D eigenvalue weighted by Crippen LogP contribution is -2.03. The molecule has 3 rings (SSSR count). The lowest BCUT2D eigenvalue weighted by Gasteiger charge is -2.01. The number of carbonyl (C=O) groups excluding carboxylic acids is 1. The molecule has 1 aromatic heterocycles. The predicted octanol–water partition coefficient (Wildman–Crippen LogP) is 2.35. The van der Waals surface area contributed by atoms with Crippen LogP contribution in [0.3, 0.4) is 0 Å². The molecule has 0 radical (unpaired) electrons. The van der Waals surface area contributed by atoms with Crippen LogP contribution in [0.15, 0.2) is 23.6 Å². The number of hydrogen-bond donors (Lipinski definition) is 2. The van der Waals surface area contributed by atoms with Crippen molar-refractivity contribution in [1.29, 1.82) is 0 Å². The Morgan fingerprint density at radius 3 is 3.12 bits per heavy atom. The third kappa shape index (κ3) is 1.78. The fourth-order valence-electron chi connectivity index (χ4n) is 1.91. The molecule has 0 saturated heterocycles. The quantitative estimate of drug-likeness (QED) is 0.854. The molecule has 0 fully saturated rings. The molecule has 0 aliphatic carbocycles. The van der Waals surface area contributed by atoms with E-state index in [0.29, 0.717) is 6.42 Å². The van der Waals surface area contributed by atoms with Gasteiger partial charge in [0, 0.05) is 23.7 Å². The second kappa shape index (κ2) is 3.85. The van der Waals surface area contributed by atoms with Crippen LogP contribution in [0.1, 0.15) is 5.56 Å². The molecule has 0 saturated carbocycles. The largest absolute Gasteiger partial charge is 0.365 e. The first-order chi connectivity index (χ1) is 8.26. The number of aromatic nitrogens is 1. The van der Waals surface area contributed by atoms with Crippen molar-refractivity contribution < 1.29 is 4.79 Å². The summed E-state index contributed by atoms with van der Waals surface area (Å²) in [6.07, 6.45) is 0.464. The standard InChI is InChI=1S/C12H11N3OS/c1-13-12-15-10(6-17-12)7-2-3-9-8(4-7)5-11(16)14-9/h2-4,6H,5H2,1H3,(H,13,15)(H,14,16). The molecule has 2 heterocycles. The molecule has 0 spiro atoms. The van der Waals surface area contributed by atoms with Crippen molar-refractivity contribution in [2.75, 3.05) is 17.7 Å². The first-order valence-corrected chi connectivity index (χ1v) is 6.20. The van der Waals surface area contributed by atoms with Gasteiger partial charge in [-0.1, -0.05) is 6.07 Å². The lowest BCUT2D eigenvalue weighted by molar-refractivity contribution is -0.115. The molecule has 0 bridgehead atoms. The maximum absolute atomic E-state index is 11.3. The van der Waals surface area contributed by atoms with Crippen LogP contribution in [0.5, 0.6) is 0 Å². The van der Waals surface area contributed by atoms with Gasteiger partial charge in [0.25, 0.3) is 0 Å². The number of carbonyl (C=O) groups is 1. The smallest absolute Gasteiger partial charge is 0.228 e. The molecule has 2 aromatic rings. The molecule has 2 N–H and O–H groups in total. The molecule has 5 heteroatoms. The number of amides is 1. The molecular formula is C12H11N3OS. The van der Waals surface area contributed by atoms with Crippen molar-refractivity contribution in [3.63, 3.8) is 0 Å². The monoisotopic (exact) mass is 245 g/mol. The maximum Gasteiger partial charge on any atom is 0.228 e. The Morgan fingerprint density at radius 1 is 1.47 bits per heavy atom. The van der Waals surface area contributed by atoms with Crippen molar-refractivity contribution >= 4 is 28.1 Å². The fraction of sp³-hybridized carbons (Fsp3) is 0.167. The summed E-state index contributed by atoms with van der Waals surface area (Å²) in [4.78, 5) is 15.7. The summed E-state index contributed by atoms with van der Waals surface area (Å²) in [6.45, 7) is 0. The van der Waals surface area contributed by atoms with Crippen LogP contribution in [0.2, 0.25) is 0 Å². The number of benzene rings is 1. The van der Waals surface area contributed by atoms with Gasteiger partial charge in [-0.3, -0.25) is 4.79 Å². The SMILES string of the molecule is CNc1nc(-c2ccc3c(c2)CC(=O)N3)cs1. The first kappa shape index (κ1) is 10.3. The van der Waals surface area contributed by atoms with Crippen LogP contribution in [0, 0.1) is 0 Å². The average Bonchev–Trinajstić information content (AvgIpc) is 2.92. The van der Waals surface area contributed by atoms with Gasteiger partial charge in [-0.15, -0.1) is 11.3 Å². The zero-order valence-electron chi connectivity index (χ0n) is 9.28. The highest BCUT2D eigenvalue weighted by molar-refractivity contribution is 7.14. The van der Waals surface area contributed by atoms with Gasteiger partial charge in [-0.25, -0.2) is 4.98 Å². The Balaban J connectivity index is 1.99. The average molecular weight is 245 g/mol. The molecule has 86 valence electrons. The van der Waals surface area contributed by atoms with E-state index in [1.54, 1.807) is 11.3 Å². The lowest BCUT2D eigenvalue weighted by atomic mass is 10.1. The van der Waals surface area contributed by atoms with E-state index >= 15 is 0 Å². The molecule has 1 aliphatic heterocycles. The van der Waals surface area contributed by atoms with Gasteiger partial charge >= 0.3 is 0 Å². The van der Waals surface area contributed by atoms with Gasteiger partial charge in [0.1, 0.15) is 0 Å². The Bertz CT molecular complexity index is 591. The number of fused-ring (bicyclic) bond motifs is 1. The van der Waals surface area contributed by atoms with E-state index in [4.69, 9.17) is 0 Å². The van der Waals surface area contributed by atoms with Crippen LogP contribution >= 0.6 is 11.3 Å². The minimum Gasteiger partial charge on any atom is -0.365 e. The van der Waals surface area contributed by atoms with Gasteiger partial charge in [0.2, 0.25) is 5.91 Å². The van der Waals surface area contributed by atoms with Gasteiger partial charge in [0.05, 0.1) is 12.1 Å². The number of thiazole rings is 1. The number of rotatable bonds is 2. The summed E-state index contributed by atoms with van der Waals surface area (Å²) in [7, 11) is 1.86. The summed E-state index contributed by atoms with van der Waals surface area (Å²) >= 11 is 1.57. The second-order valence-corrected chi connectivity index (χ2v) is 4.74. The minimum absolute atomic E-state index is 0.0614. The topological polar surface area (TPSA) is 54.0 Å². The first-order valence-electron chi connectivity index (χ1n) is 5.32. The summed E-state index contributed by atoms with van der Waals surface area (Å²) in [6, 6.07) is 5.95. The number of anilines is 2. The zero-order chi connectivity index (χ0) is 11.8. The Morgan fingerprint density at radius 2 is 2.35 bits per heavy atom. The van der Waals surface area contributed by atoms with Crippen LogP contribution in [0.4, 0.5) is 10.8 Å². The van der Waals surface area contributed by atoms with Crippen molar-refractivity contribution in [3.8, 4) is 11.3 Å². The summed E-state index contributed by atoms with van der Waals surface area (Å²) in [5.74, 6) is 0.0614. The second-order valence-electron chi connectivity index (χ2n) is 3.88. The minimum atomic E-state index is 0.0614. The van der Waals surface area contributed by atoms with E-state index in [-0.39, 0.29) is 5.91 Å². The van der Waals surface area contributed by atoms with E-state index in [0.717, 1.165) is 27.6 Å². The molecule has 1 aliphatic rings. The molecule has 4 nitrogen and oxygen atoms in total. The Labute approximate surface area is 103 Å². The predicted molar refractivity (Wildman–Crippen MR) is 69.4 cm³/mol. The molecule has 1 aromatic carbocycles. The highest BCUT2D eigenvalue weighted by atomic mass is 32.1. The van der Waals surface area contributed by atoms with Crippen molar-refractivity contribution in [1.82, 2.24) is 4.98 Å². The van der Waals surface area contributed by atoms with Crippen LogP contribution < -0.4 is 10.6 Å². The van der Waals surface area contributed by atoms with Crippen molar-refractivity contribution in [2.45, 2.75) is 6.42 Å². The van der Waals surface area contributed by atoms with Crippen LogP contribution in [0.25, 0.3) is 11.3 Å². The molecular weight excluding hydrogens is 234 g/mol. The van der Waals surface area contributed by atoms with Gasteiger partial charge in [-0.05, 0) is 17.7 Å². The van der Waals surface area contributed by atoms with E-state index in [9.17, 15) is 4.79 Å². The molecule has 1 amide bonds. The van der Waals surface area contributed by atoms with E-state index in [2.05, 4.69) is 15.6 Å². The molecule has 17 heavy (non-hydrogen) atoms. The number of hydrogen-bond acceptors (Lipinski definition) is 4. The Kier molecular flexibility index (Phi) is 2.33. The van der Waals surface area contributed by atoms with Gasteiger partial charge < -0.3 is 10.6 Å². The molecule has 0 unspecified atom stereocenters. The van der Waals surface area contributed by atoms with Crippen molar-refractivity contribution in [2.24, 2.45) is 0 Å². The fourth-order valence-corrected chi connectivity index (χ4v) is 2.59. The highest BCUT2D eigenvalue weighted by Gasteiger charge is 2.18. The van der Waals surface area contributed by atoms with Crippen molar-refractivity contribution in [3.05, 3.63) is 29.1 Å². The van der Waals surface area contributed by atoms with Gasteiger partial charge in [0.15, 0.2) is 5.13 Å². The molecule has 0 atom stereocenters. The normalized spacial score (nSPS) is 13.4.